The SMILES string of the molecule is C[C@@H](NC(=O)CCSCc1ccccc1)c1ccc2c(c1)CCCC2. The number of amides is 1. The van der Waals surface area contributed by atoms with E-state index in [1.807, 2.05) is 17.8 Å². The molecule has 132 valence electrons. The molecule has 0 heterocycles. The lowest BCUT2D eigenvalue weighted by molar-refractivity contribution is -0.121. The van der Waals surface area contributed by atoms with Crippen molar-refractivity contribution in [2.75, 3.05) is 5.75 Å². The topological polar surface area (TPSA) is 29.1 Å². The summed E-state index contributed by atoms with van der Waals surface area (Å²) in [7, 11) is 0. The Morgan fingerprint density at radius 3 is 2.64 bits per heavy atom. The average Bonchev–Trinajstić information content (AvgIpc) is 2.65. The molecule has 3 rings (SSSR count). The van der Waals surface area contributed by atoms with Crippen LogP contribution in [0, 0.1) is 0 Å². The van der Waals surface area contributed by atoms with Gasteiger partial charge in [0.2, 0.25) is 5.91 Å². The maximum absolute atomic E-state index is 12.2. The van der Waals surface area contributed by atoms with Gasteiger partial charge in [0.15, 0.2) is 0 Å². The highest BCUT2D eigenvalue weighted by Gasteiger charge is 2.14. The Bertz CT molecular complexity index is 698. The van der Waals surface area contributed by atoms with E-state index in [2.05, 4.69) is 54.7 Å². The molecule has 1 N–H and O–H groups in total. The Balaban J connectivity index is 1.43. The second-order valence-corrected chi connectivity index (χ2v) is 7.92. The van der Waals surface area contributed by atoms with Gasteiger partial charge in [0.05, 0.1) is 6.04 Å². The molecule has 0 spiro atoms. The summed E-state index contributed by atoms with van der Waals surface area (Å²) in [4.78, 5) is 12.2. The van der Waals surface area contributed by atoms with Crippen molar-refractivity contribution in [2.45, 2.75) is 50.8 Å². The molecule has 1 atom stereocenters. The van der Waals surface area contributed by atoms with E-state index >= 15 is 0 Å². The summed E-state index contributed by atoms with van der Waals surface area (Å²) in [5.41, 5.74) is 5.51. The fourth-order valence-electron chi connectivity index (χ4n) is 3.35. The van der Waals surface area contributed by atoms with Gasteiger partial charge in [0, 0.05) is 17.9 Å². The molecule has 1 aliphatic carbocycles. The maximum Gasteiger partial charge on any atom is 0.221 e. The predicted octanol–water partition coefficient (Wildman–Crippen LogP) is 5.07. The Kier molecular flexibility index (Phi) is 6.57. The molecule has 0 aromatic heterocycles. The van der Waals surface area contributed by atoms with Gasteiger partial charge in [-0.1, -0.05) is 48.5 Å². The van der Waals surface area contributed by atoms with E-state index in [1.54, 1.807) is 0 Å². The van der Waals surface area contributed by atoms with E-state index in [1.165, 1.54) is 47.9 Å². The van der Waals surface area contributed by atoms with Crippen LogP contribution in [0.15, 0.2) is 48.5 Å². The highest BCUT2D eigenvalue weighted by atomic mass is 32.2. The van der Waals surface area contributed by atoms with Crippen LogP contribution < -0.4 is 5.32 Å². The van der Waals surface area contributed by atoms with Crippen LogP contribution in [0.4, 0.5) is 0 Å². The summed E-state index contributed by atoms with van der Waals surface area (Å²) in [6, 6.07) is 17.2. The molecular weight excluding hydrogens is 326 g/mol. The molecule has 2 aromatic carbocycles. The molecule has 1 aliphatic rings. The first-order valence-corrected chi connectivity index (χ1v) is 10.4. The monoisotopic (exact) mass is 353 g/mol. The smallest absolute Gasteiger partial charge is 0.221 e. The number of benzene rings is 2. The third-order valence-corrected chi connectivity index (χ3v) is 5.87. The first-order chi connectivity index (χ1) is 12.2. The Hall–Kier alpha value is -1.74. The van der Waals surface area contributed by atoms with Crippen LogP contribution >= 0.6 is 11.8 Å². The fourth-order valence-corrected chi connectivity index (χ4v) is 4.25. The van der Waals surface area contributed by atoms with Crippen molar-refractivity contribution in [3.63, 3.8) is 0 Å². The molecule has 2 nitrogen and oxygen atoms in total. The summed E-state index contributed by atoms with van der Waals surface area (Å²) >= 11 is 1.82. The zero-order valence-corrected chi connectivity index (χ0v) is 15.8. The predicted molar refractivity (Wildman–Crippen MR) is 107 cm³/mol. The Labute approximate surface area is 155 Å². The molecule has 3 heteroatoms. The minimum absolute atomic E-state index is 0.0823. The molecule has 0 aliphatic heterocycles. The van der Waals surface area contributed by atoms with Crippen LogP contribution in [0.25, 0.3) is 0 Å². The number of hydrogen-bond acceptors (Lipinski definition) is 2. The zero-order valence-electron chi connectivity index (χ0n) is 15.0. The van der Waals surface area contributed by atoms with E-state index in [0.717, 1.165) is 11.5 Å². The van der Waals surface area contributed by atoms with Crippen molar-refractivity contribution in [3.05, 3.63) is 70.8 Å². The molecule has 2 aromatic rings. The first kappa shape index (κ1) is 18.1. The molecule has 0 bridgehead atoms. The van der Waals surface area contributed by atoms with Crippen molar-refractivity contribution < 1.29 is 4.79 Å². The molecule has 0 saturated carbocycles. The third-order valence-electron chi connectivity index (χ3n) is 4.84. The van der Waals surface area contributed by atoms with Gasteiger partial charge in [-0.25, -0.2) is 0 Å². The first-order valence-electron chi connectivity index (χ1n) is 9.25. The number of rotatable bonds is 7. The van der Waals surface area contributed by atoms with Crippen LogP contribution in [0.2, 0.25) is 0 Å². The number of carbonyl (C=O) groups is 1. The van der Waals surface area contributed by atoms with E-state index in [0.29, 0.717) is 6.42 Å². The highest BCUT2D eigenvalue weighted by molar-refractivity contribution is 7.98. The minimum Gasteiger partial charge on any atom is -0.350 e. The summed E-state index contributed by atoms with van der Waals surface area (Å²) in [5, 5.41) is 3.15. The maximum atomic E-state index is 12.2. The summed E-state index contributed by atoms with van der Waals surface area (Å²) in [5.74, 6) is 1.97. The van der Waals surface area contributed by atoms with Crippen LogP contribution in [0.5, 0.6) is 0 Å². The number of carbonyl (C=O) groups excluding carboxylic acids is 1. The molecular formula is C22H27NOS. The van der Waals surface area contributed by atoms with E-state index in [4.69, 9.17) is 0 Å². The minimum atomic E-state index is 0.0823. The van der Waals surface area contributed by atoms with Crippen molar-refractivity contribution >= 4 is 17.7 Å². The second kappa shape index (κ2) is 9.10. The van der Waals surface area contributed by atoms with Gasteiger partial charge in [-0.05, 0) is 54.9 Å². The van der Waals surface area contributed by atoms with E-state index in [9.17, 15) is 4.79 Å². The van der Waals surface area contributed by atoms with Crippen molar-refractivity contribution in [1.29, 1.82) is 0 Å². The van der Waals surface area contributed by atoms with Gasteiger partial charge in [-0.15, -0.1) is 0 Å². The molecule has 0 saturated heterocycles. The number of fused-ring (bicyclic) bond motifs is 1. The van der Waals surface area contributed by atoms with Crippen molar-refractivity contribution in [2.24, 2.45) is 0 Å². The van der Waals surface area contributed by atoms with Gasteiger partial charge in [-0.2, -0.15) is 11.8 Å². The average molecular weight is 354 g/mol. The molecule has 25 heavy (non-hydrogen) atoms. The zero-order chi connectivity index (χ0) is 17.5. The van der Waals surface area contributed by atoms with Gasteiger partial charge >= 0.3 is 0 Å². The molecule has 0 fully saturated rings. The van der Waals surface area contributed by atoms with Gasteiger partial charge in [-0.3, -0.25) is 4.79 Å². The molecule has 1 amide bonds. The lowest BCUT2D eigenvalue weighted by Gasteiger charge is -2.20. The Morgan fingerprint density at radius 1 is 1.08 bits per heavy atom. The largest absolute Gasteiger partial charge is 0.350 e. The number of aryl methyl sites for hydroxylation is 2. The van der Waals surface area contributed by atoms with Crippen molar-refractivity contribution in [3.8, 4) is 0 Å². The number of hydrogen-bond donors (Lipinski definition) is 1. The van der Waals surface area contributed by atoms with Gasteiger partial charge < -0.3 is 5.32 Å². The van der Waals surface area contributed by atoms with E-state index < -0.39 is 0 Å². The second-order valence-electron chi connectivity index (χ2n) is 6.81. The summed E-state index contributed by atoms with van der Waals surface area (Å²) in [6.07, 6.45) is 5.55. The van der Waals surface area contributed by atoms with Crippen LogP contribution in [-0.4, -0.2) is 11.7 Å². The Morgan fingerprint density at radius 2 is 1.84 bits per heavy atom. The molecule has 0 unspecified atom stereocenters. The quantitative estimate of drug-likeness (QED) is 0.704. The third kappa shape index (κ3) is 5.37. The lowest BCUT2D eigenvalue weighted by Crippen LogP contribution is -2.27. The lowest BCUT2D eigenvalue weighted by atomic mass is 9.89. The number of nitrogens with one attached hydrogen (secondary N) is 1. The fraction of sp³-hybridized carbons (Fsp3) is 0.409. The van der Waals surface area contributed by atoms with E-state index in [-0.39, 0.29) is 11.9 Å². The summed E-state index contributed by atoms with van der Waals surface area (Å²) < 4.78 is 0. The standard InChI is InChI=1S/C22H27NOS/c1-17(20-12-11-19-9-5-6-10-21(19)15-20)23-22(24)13-14-25-16-18-7-3-2-4-8-18/h2-4,7-8,11-12,15,17H,5-6,9-10,13-14,16H2,1H3,(H,23,24)/t17-/m1/s1. The highest BCUT2D eigenvalue weighted by Crippen LogP contribution is 2.24. The normalized spacial score (nSPS) is 14.6. The summed E-state index contributed by atoms with van der Waals surface area (Å²) in [6.45, 7) is 2.08. The molecule has 0 radical (unpaired) electrons. The van der Waals surface area contributed by atoms with Crippen LogP contribution in [0.1, 0.15) is 54.5 Å². The van der Waals surface area contributed by atoms with Crippen molar-refractivity contribution in [1.82, 2.24) is 5.32 Å². The van der Waals surface area contributed by atoms with Gasteiger partial charge in [0.25, 0.3) is 0 Å². The van der Waals surface area contributed by atoms with Gasteiger partial charge in [0.1, 0.15) is 0 Å². The van der Waals surface area contributed by atoms with Crippen LogP contribution in [-0.2, 0) is 23.4 Å². The number of thioether (sulfide) groups is 1. The van der Waals surface area contributed by atoms with Crippen LogP contribution in [0.3, 0.4) is 0 Å².